The van der Waals surface area contributed by atoms with Crippen LogP contribution >= 0.6 is 0 Å². The van der Waals surface area contributed by atoms with Gasteiger partial charge in [0.2, 0.25) is 5.82 Å². The fourth-order valence-corrected chi connectivity index (χ4v) is 0.894. The number of nitrogens with one attached hydrogen (secondary N) is 1. The number of carbonyl (C=O) groups excluding carboxylic acids is 1. The van der Waals surface area contributed by atoms with E-state index < -0.39 is 28.9 Å². The first-order valence-electron chi connectivity index (χ1n) is 3.55. The number of rotatable bonds is 2. The SMILES string of the molecule is COC(=O)c1cc([NH+]=O)c(F)cc1F. The van der Waals surface area contributed by atoms with Crippen LogP contribution in [-0.4, -0.2) is 13.1 Å². The zero-order valence-corrected chi connectivity index (χ0v) is 7.14. The Morgan fingerprint density at radius 3 is 2.50 bits per heavy atom. The first kappa shape index (κ1) is 10.2. The summed E-state index contributed by atoms with van der Waals surface area (Å²) in [6, 6.07) is 1.19. The molecular formula is C8H6F2NO3+. The molecule has 1 rings (SSSR count). The fraction of sp³-hybridized carbons (Fsp3) is 0.125. The minimum absolute atomic E-state index is 0.437. The standard InChI is InChI=1S/C8H5F2NO3/c1-14-8(12)4-2-7(11-13)6(10)3-5(4)9/h2-3H,1H3/p+1. The minimum Gasteiger partial charge on any atom is -0.465 e. The molecule has 14 heavy (non-hydrogen) atoms. The molecule has 0 spiro atoms. The van der Waals surface area contributed by atoms with Crippen molar-refractivity contribution in [1.82, 2.24) is 0 Å². The molecule has 0 amide bonds. The van der Waals surface area contributed by atoms with Crippen LogP contribution in [0.3, 0.4) is 0 Å². The van der Waals surface area contributed by atoms with Gasteiger partial charge in [0.05, 0.1) is 7.11 Å². The predicted octanol–water partition coefficient (Wildman–Crippen LogP) is 0.230. The van der Waals surface area contributed by atoms with Gasteiger partial charge in [0.15, 0.2) is 0 Å². The quantitative estimate of drug-likeness (QED) is 0.698. The van der Waals surface area contributed by atoms with E-state index in [0.29, 0.717) is 6.07 Å². The highest BCUT2D eigenvalue weighted by atomic mass is 19.1. The smallest absolute Gasteiger partial charge is 0.341 e. The number of hydrogen-bond acceptors (Lipinski definition) is 3. The van der Waals surface area contributed by atoms with Crippen molar-refractivity contribution in [2.45, 2.75) is 0 Å². The molecule has 0 aliphatic rings. The average molecular weight is 202 g/mol. The van der Waals surface area contributed by atoms with Crippen LogP contribution in [0.2, 0.25) is 0 Å². The lowest BCUT2D eigenvalue weighted by Crippen LogP contribution is -2.56. The van der Waals surface area contributed by atoms with Gasteiger partial charge in [-0.1, -0.05) is 0 Å². The van der Waals surface area contributed by atoms with E-state index in [1.807, 2.05) is 0 Å². The molecule has 0 heterocycles. The fourth-order valence-electron chi connectivity index (χ4n) is 0.894. The summed E-state index contributed by atoms with van der Waals surface area (Å²) in [6.45, 7) is 0. The lowest BCUT2D eigenvalue weighted by Gasteiger charge is -1.99. The molecule has 1 N–H and O–H groups in total. The van der Waals surface area contributed by atoms with Crippen molar-refractivity contribution in [1.29, 1.82) is 0 Å². The van der Waals surface area contributed by atoms with Gasteiger partial charge in [-0.05, 0) is 0 Å². The van der Waals surface area contributed by atoms with Gasteiger partial charge in [-0.25, -0.2) is 9.18 Å². The second kappa shape index (κ2) is 3.91. The molecule has 0 saturated heterocycles. The molecule has 6 heteroatoms. The van der Waals surface area contributed by atoms with Gasteiger partial charge < -0.3 is 4.74 Å². The van der Waals surface area contributed by atoms with Gasteiger partial charge in [-0.15, -0.1) is 0 Å². The summed E-state index contributed by atoms with van der Waals surface area (Å²) in [5.74, 6) is -3.11. The van der Waals surface area contributed by atoms with Gasteiger partial charge in [0.25, 0.3) is 5.69 Å². The number of carbonyl (C=O) groups is 1. The number of halogens is 2. The number of hydrogen-bond donors (Lipinski definition) is 1. The summed E-state index contributed by atoms with van der Waals surface area (Å²) in [7, 11) is 1.05. The van der Waals surface area contributed by atoms with Crippen LogP contribution in [0.15, 0.2) is 12.1 Å². The van der Waals surface area contributed by atoms with E-state index >= 15 is 0 Å². The predicted molar refractivity (Wildman–Crippen MR) is 41.7 cm³/mol. The highest BCUT2D eigenvalue weighted by molar-refractivity contribution is 5.90. The second-order valence-electron chi connectivity index (χ2n) is 2.41. The van der Waals surface area contributed by atoms with Crippen LogP contribution in [0, 0.1) is 16.5 Å². The molecule has 1 aromatic carbocycles. The summed E-state index contributed by atoms with van der Waals surface area (Å²) in [5.41, 5.74) is -1.00. The van der Waals surface area contributed by atoms with E-state index in [1.54, 1.807) is 0 Å². The van der Waals surface area contributed by atoms with E-state index in [0.717, 1.165) is 13.2 Å². The van der Waals surface area contributed by atoms with Crippen molar-refractivity contribution in [3.8, 4) is 0 Å². The molecule has 0 aromatic heterocycles. The van der Waals surface area contributed by atoms with Crippen molar-refractivity contribution in [3.05, 3.63) is 34.2 Å². The third-order valence-electron chi connectivity index (χ3n) is 1.57. The monoisotopic (exact) mass is 202 g/mol. The van der Waals surface area contributed by atoms with Gasteiger partial charge in [-0.2, -0.15) is 4.39 Å². The summed E-state index contributed by atoms with van der Waals surface area (Å²) in [6.07, 6.45) is 0. The summed E-state index contributed by atoms with van der Waals surface area (Å²) in [5, 5.41) is 1.24. The number of methoxy groups -OCH3 is 1. The van der Waals surface area contributed by atoms with Gasteiger partial charge >= 0.3 is 5.97 Å². The molecule has 0 aliphatic carbocycles. The summed E-state index contributed by atoms with van der Waals surface area (Å²) < 4.78 is 29.9. The second-order valence-corrected chi connectivity index (χ2v) is 2.41. The van der Waals surface area contributed by atoms with Crippen molar-refractivity contribution in [3.63, 3.8) is 0 Å². The largest absolute Gasteiger partial charge is 0.465 e. The van der Waals surface area contributed by atoms with E-state index in [-0.39, 0.29) is 0 Å². The van der Waals surface area contributed by atoms with Crippen LogP contribution in [0.5, 0.6) is 0 Å². The van der Waals surface area contributed by atoms with Gasteiger partial charge in [0.1, 0.15) is 11.4 Å². The molecule has 0 fully saturated rings. The Hall–Kier alpha value is -1.85. The average Bonchev–Trinajstić information content (AvgIpc) is 2.17. The Balaban J connectivity index is 3.30. The Morgan fingerprint density at radius 1 is 1.36 bits per heavy atom. The Morgan fingerprint density at radius 2 is 2.00 bits per heavy atom. The van der Waals surface area contributed by atoms with Gasteiger partial charge in [-0.3, -0.25) is 0 Å². The third-order valence-corrected chi connectivity index (χ3v) is 1.57. The number of esters is 1. The normalized spacial score (nSPS) is 9.64. The molecule has 0 aliphatic heterocycles. The summed E-state index contributed by atoms with van der Waals surface area (Å²) in [4.78, 5) is 21.1. The number of benzene rings is 1. The van der Waals surface area contributed by atoms with Crippen molar-refractivity contribution >= 4 is 11.7 Å². The van der Waals surface area contributed by atoms with Crippen molar-refractivity contribution in [2.75, 3.05) is 7.11 Å². The first-order valence-corrected chi connectivity index (χ1v) is 3.55. The van der Waals surface area contributed by atoms with Crippen molar-refractivity contribution < 1.29 is 23.5 Å². The van der Waals surface area contributed by atoms with Crippen LogP contribution in [0.1, 0.15) is 10.4 Å². The van der Waals surface area contributed by atoms with Crippen LogP contribution in [0.4, 0.5) is 14.5 Å². The summed E-state index contributed by atoms with van der Waals surface area (Å²) >= 11 is 0. The topological polar surface area (TPSA) is 57.3 Å². The Kier molecular flexibility index (Phi) is 2.85. The molecule has 0 bridgehead atoms. The molecule has 0 atom stereocenters. The molecule has 0 unspecified atom stereocenters. The molecule has 0 radical (unpaired) electrons. The molecule has 4 nitrogen and oxygen atoms in total. The minimum atomic E-state index is -1.08. The molecule has 74 valence electrons. The van der Waals surface area contributed by atoms with E-state index in [9.17, 15) is 18.5 Å². The zero-order chi connectivity index (χ0) is 10.7. The number of ether oxygens (including phenoxy) is 1. The lowest BCUT2D eigenvalue weighted by molar-refractivity contribution is -0.382. The van der Waals surface area contributed by atoms with Crippen LogP contribution in [-0.2, 0) is 4.74 Å². The van der Waals surface area contributed by atoms with Crippen LogP contribution < -0.4 is 5.18 Å². The highest BCUT2D eigenvalue weighted by Crippen LogP contribution is 2.16. The maximum atomic E-state index is 12.9. The maximum absolute atomic E-state index is 12.9. The third kappa shape index (κ3) is 1.73. The highest BCUT2D eigenvalue weighted by Gasteiger charge is 2.19. The number of nitroso groups, excluding NO2 is 1. The van der Waals surface area contributed by atoms with E-state index in [4.69, 9.17) is 0 Å². The van der Waals surface area contributed by atoms with Crippen molar-refractivity contribution in [2.24, 2.45) is 0 Å². The van der Waals surface area contributed by atoms with E-state index in [2.05, 4.69) is 4.74 Å². The maximum Gasteiger partial charge on any atom is 0.341 e. The Labute approximate surface area is 77.5 Å². The lowest BCUT2D eigenvalue weighted by atomic mass is 10.2. The first-order chi connectivity index (χ1) is 6.60. The zero-order valence-electron chi connectivity index (χ0n) is 7.14. The van der Waals surface area contributed by atoms with Crippen LogP contribution in [0.25, 0.3) is 0 Å². The van der Waals surface area contributed by atoms with E-state index in [1.165, 1.54) is 5.18 Å². The molecule has 1 aromatic rings. The van der Waals surface area contributed by atoms with Gasteiger partial charge in [0, 0.05) is 22.2 Å². The Bertz CT molecular complexity index is 392. The molecule has 0 saturated carbocycles. The molecular weight excluding hydrogens is 196 g/mol.